The highest BCUT2D eigenvalue weighted by Crippen LogP contribution is 2.26. The second kappa shape index (κ2) is 6.45. The van der Waals surface area contributed by atoms with E-state index < -0.39 is 4.92 Å². The van der Waals surface area contributed by atoms with Crippen molar-refractivity contribution in [2.24, 2.45) is 5.73 Å². The first-order chi connectivity index (χ1) is 10.0. The second-order valence-electron chi connectivity index (χ2n) is 5.08. The first-order valence-corrected chi connectivity index (χ1v) is 6.90. The number of aromatic nitrogens is 3. The van der Waals surface area contributed by atoms with Crippen molar-refractivity contribution in [1.82, 2.24) is 15.0 Å². The van der Waals surface area contributed by atoms with E-state index in [1.807, 2.05) is 13.8 Å². The molecular formula is C14H19N5O2. The van der Waals surface area contributed by atoms with Gasteiger partial charge in [-0.05, 0) is 56.8 Å². The number of nitrogens with zero attached hydrogens (tertiary/aromatic N) is 4. The Morgan fingerprint density at radius 3 is 2.67 bits per heavy atom. The number of nitrogens with two attached hydrogens (primary N) is 1. The van der Waals surface area contributed by atoms with Crippen molar-refractivity contribution in [1.29, 1.82) is 0 Å². The van der Waals surface area contributed by atoms with Gasteiger partial charge >= 0.3 is 0 Å². The zero-order chi connectivity index (χ0) is 15.4. The number of aryl methyl sites for hydroxylation is 3. The molecule has 0 fully saturated rings. The van der Waals surface area contributed by atoms with Gasteiger partial charge in [0.15, 0.2) is 0 Å². The van der Waals surface area contributed by atoms with Gasteiger partial charge in [-0.1, -0.05) is 5.21 Å². The number of hydrogen-bond donors (Lipinski definition) is 1. The fraction of sp³-hybridized carbons (Fsp3) is 0.429. The Morgan fingerprint density at radius 1 is 1.29 bits per heavy atom. The zero-order valence-electron chi connectivity index (χ0n) is 12.2. The minimum atomic E-state index is -0.391. The van der Waals surface area contributed by atoms with Crippen LogP contribution in [-0.2, 0) is 6.42 Å². The lowest BCUT2D eigenvalue weighted by Crippen LogP contribution is -2.02. The summed E-state index contributed by atoms with van der Waals surface area (Å²) < 4.78 is 1.47. The summed E-state index contributed by atoms with van der Waals surface area (Å²) >= 11 is 0. The van der Waals surface area contributed by atoms with E-state index in [0.717, 1.165) is 36.1 Å². The molecule has 0 atom stereocenters. The molecule has 21 heavy (non-hydrogen) atoms. The monoisotopic (exact) mass is 289 g/mol. The summed E-state index contributed by atoms with van der Waals surface area (Å²) in [6.07, 6.45) is 4.38. The summed E-state index contributed by atoms with van der Waals surface area (Å²) in [4.78, 5) is 10.8. The molecule has 0 saturated heterocycles. The third kappa shape index (κ3) is 3.43. The van der Waals surface area contributed by atoms with Crippen LogP contribution in [0, 0.1) is 24.0 Å². The summed E-state index contributed by atoms with van der Waals surface area (Å²) in [5.74, 6) is 0. The third-order valence-electron chi connectivity index (χ3n) is 3.46. The Hall–Kier alpha value is -2.28. The molecule has 0 aliphatic carbocycles. The summed E-state index contributed by atoms with van der Waals surface area (Å²) in [6.45, 7) is 4.42. The van der Waals surface area contributed by atoms with Crippen LogP contribution in [0.5, 0.6) is 0 Å². The van der Waals surface area contributed by atoms with Gasteiger partial charge < -0.3 is 5.73 Å². The van der Waals surface area contributed by atoms with E-state index in [1.54, 1.807) is 18.3 Å². The summed E-state index contributed by atoms with van der Waals surface area (Å²) in [5.41, 5.74) is 8.62. The number of nitro groups is 1. The van der Waals surface area contributed by atoms with E-state index in [4.69, 9.17) is 5.73 Å². The van der Waals surface area contributed by atoms with E-state index in [2.05, 4.69) is 10.3 Å². The maximum Gasteiger partial charge on any atom is 0.295 e. The summed E-state index contributed by atoms with van der Waals surface area (Å²) in [6, 6.07) is 3.34. The maximum atomic E-state index is 11.2. The number of unbranched alkanes of at least 4 members (excludes halogenated alkanes) is 1. The van der Waals surface area contributed by atoms with Gasteiger partial charge in [0.2, 0.25) is 0 Å². The van der Waals surface area contributed by atoms with Crippen molar-refractivity contribution in [3.63, 3.8) is 0 Å². The summed E-state index contributed by atoms with van der Waals surface area (Å²) in [7, 11) is 0. The number of hydrogen-bond acceptors (Lipinski definition) is 5. The topological polar surface area (TPSA) is 99.9 Å². The van der Waals surface area contributed by atoms with Gasteiger partial charge in [0.05, 0.1) is 16.8 Å². The predicted octanol–water partition coefficient (Wildman–Crippen LogP) is 2.07. The van der Waals surface area contributed by atoms with Crippen molar-refractivity contribution in [2.45, 2.75) is 33.1 Å². The van der Waals surface area contributed by atoms with E-state index in [-0.39, 0.29) is 5.69 Å². The van der Waals surface area contributed by atoms with E-state index in [9.17, 15) is 10.1 Å². The highest BCUT2D eigenvalue weighted by atomic mass is 16.6. The normalized spacial score (nSPS) is 10.8. The molecule has 7 nitrogen and oxygen atoms in total. The Bertz CT molecular complexity index is 651. The van der Waals surface area contributed by atoms with Crippen molar-refractivity contribution in [3.8, 4) is 5.69 Å². The molecule has 112 valence electrons. The van der Waals surface area contributed by atoms with E-state index in [1.165, 1.54) is 4.68 Å². The van der Waals surface area contributed by atoms with Crippen molar-refractivity contribution < 1.29 is 4.92 Å². The van der Waals surface area contributed by atoms with Crippen LogP contribution in [0.25, 0.3) is 5.69 Å². The first-order valence-electron chi connectivity index (χ1n) is 6.90. The molecule has 2 aromatic rings. The molecule has 0 aliphatic rings. The average Bonchev–Trinajstić information content (AvgIpc) is 2.90. The fourth-order valence-corrected chi connectivity index (χ4v) is 2.10. The Kier molecular flexibility index (Phi) is 4.64. The number of benzene rings is 1. The van der Waals surface area contributed by atoms with Crippen LogP contribution >= 0.6 is 0 Å². The quantitative estimate of drug-likeness (QED) is 0.498. The van der Waals surface area contributed by atoms with Crippen LogP contribution in [0.15, 0.2) is 18.3 Å². The second-order valence-corrected chi connectivity index (χ2v) is 5.08. The summed E-state index contributed by atoms with van der Waals surface area (Å²) in [5, 5.41) is 19.3. The molecule has 0 aliphatic heterocycles. The Morgan fingerprint density at radius 2 is 2.00 bits per heavy atom. The highest BCUT2D eigenvalue weighted by molar-refractivity contribution is 5.56. The lowest BCUT2D eigenvalue weighted by atomic mass is 10.1. The Labute approximate surface area is 122 Å². The molecule has 2 rings (SSSR count). The van der Waals surface area contributed by atoms with Crippen molar-refractivity contribution in [3.05, 3.63) is 45.3 Å². The van der Waals surface area contributed by atoms with Gasteiger partial charge in [0.1, 0.15) is 5.69 Å². The van der Waals surface area contributed by atoms with Crippen molar-refractivity contribution >= 4 is 5.69 Å². The largest absolute Gasteiger partial charge is 0.330 e. The SMILES string of the molecule is Cc1cc(-n2cc(CCCCN)nn2)c([N+](=O)[O-])cc1C. The maximum absolute atomic E-state index is 11.2. The molecule has 0 bridgehead atoms. The number of nitro benzene ring substituents is 1. The smallest absolute Gasteiger partial charge is 0.295 e. The zero-order valence-corrected chi connectivity index (χ0v) is 12.2. The van der Waals surface area contributed by atoms with Gasteiger partial charge in [0.25, 0.3) is 5.69 Å². The molecule has 1 aromatic carbocycles. The Balaban J connectivity index is 2.33. The lowest BCUT2D eigenvalue weighted by molar-refractivity contribution is -0.384. The van der Waals surface area contributed by atoms with Crippen LogP contribution in [0.4, 0.5) is 5.69 Å². The minimum Gasteiger partial charge on any atom is -0.330 e. The molecule has 0 amide bonds. The van der Waals surface area contributed by atoms with Gasteiger partial charge in [-0.25, -0.2) is 4.68 Å². The van der Waals surface area contributed by atoms with Gasteiger partial charge in [0, 0.05) is 6.07 Å². The van der Waals surface area contributed by atoms with Crippen LogP contribution < -0.4 is 5.73 Å². The van der Waals surface area contributed by atoms with Gasteiger partial charge in [-0.2, -0.15) is 0 Å². The molecule has 1 heterocycles. The predicted molar refractivity (Wildman–Crippen MR) is 79.5 cm³/mol. The third-order valence-corrected chi connectivity index (χ3v) is 3.46. The molecule has 0 spiro atoms. The molecule has 2 N–H and O–H groups in total. The molecule has 0 unspecified atom stereocenters. The molecule has 0 radical (unpaired) electrons. The molecule has 7 heteroatoms. The lowest BCUT2D eigenvalue weighted by Gasteiger charge is -2.06. The van der Waals surface area contributed by atoms with Gasteiger partial charge in [-0.15, -0.1) is 5.10 Å². The first kappa shape index (κ1) is 15.1. The van der Waals surface area contributed by atoms with Crippen LogP contribution in [0.3, 0.4) is 0 Å². The van der Waals surface area contributed by atoms with Crippen LogP contribution in [0.2, 0.25) is 0 Å². The van der Waals surface area contributed by atoms with Gasteiger partial charge in [-0.3, -0.25) is 10.1 Å². The average molecular weight is 289 g/mol. The number of rotatable bonds is 6. The van der Waals surface area contributed by atoms with E-state index in [0.29, 0.717) is 12.2 Å². The fourth-order valence-electron chi connectivity index (χ4n) is 2.10. The molecule has 1 aromatic heterocycles. The molecular weight excluding hydrogens is 270 g/mol. The van der Waals surface area contributed by atoms with E-state index >= 15 is 0 Å². The van der Waals surface area contributed by atoms with Crippen LogP contribution in [0.1, 0.15) is 29.7 Å². The standard InChI is InChI=1S/C14H19N5O2/c1-10-7-13(14(19(20)21)8-11(10)2)18-9-12(16-17-18)5-3-4-6-15/h7-9H,3-6,15H2,1-2H3. The van der Waals surface area contributed by atoms with Crippen LogP contribution in [-0.4, -0.2) is 26.5 Å². The highest BCUT2D eigenvalue weighted by Gasteiger charge is 2.18. The van der Waals surface area contributed by atoms with Crippen molar-refractivity contribution in [2.75, 3.05) is 6.54 Å². The molecule has 0 saturated carbocycles. The minimum absolute atomic E-state index is 0.0384.